The third kappa shape index (κ3) is 5.33. The number of alkyl halides is 3. The van der Waals surface area contributed by atoms with Gasteiger partial charge in [0.1, 0.15) is 4.90 Å². The number of nitrogens with two attached hydrogens (primary N) is 1. The summed E-state index contributed by atoms with van der Waals surface area (Å²) < 4.78 is 68.8. The van der Waals surface area contributed by atoms with E-state index >= 15 is 0 Å². The molecule has 0 radical (unpaired) electrons. The van der Waals surface area contributed by atoms with Gasteiger partial charge in [-0.1, -0.05) is 15.9 Å². The standard InChI is InChI=1S/C13H16BrF3N2O3S/c14-8-1-6-12(11(7-8)22-13(15,16)17)23(20,21)19-10-4-2-9(18)3-5-10/h1,6-7,9-10,19H,2-5,18H2/t9-,10-. The molecule has 0 bridgehead atoms. The van der Waals surface area contributed by atoms with Gasteiger partial charge in [-0.05, 0) is 43.9 Å². The molecule has 0 unspecified atom stereocenters. The van der Waals surface area contributed by atoms with Gasteiger partial charge in [0.15, 0.2) is 5.75 Å². The van der Waals surface area contributed by atoms with Crippen LogP contribution in [0, 0.1) is 0 Å². The molecule has 130 valence electrons. The molecule has 0 atom stereocenters. The summed E-state index contributed by atoms with van der Waals surface area (Å²) in [6.45, 7) is 0. The number of halogens is 4. The lowest BCUT2D eigenvalue weighted by Crippen LogP contribution is -2.40. The first-order chi connectivity index (χ1) is 10.6. The van der Waals surface area contributed by atoms with E-state index in [1.165, 1.54) is 6.07 Å². The van der Waals surface area contributed by atoms with Crippen molar-refractivity contribution in [3.8, 4) is 5.75 Å². The van der Waals surface area contributed by atoms with E-state index in [9.17, 15) is 21.6 Å². The molecule has 0 aromatic heterocycles. The maximum absolute atomic E-state index is 12.5. The van der Waals surface area contributed by atoms with Gasteiger partial charge in [0.05, 0.1) is 0 Å². The third-order valence-electron chi connectivity index (χ3n) is 3.51. The smallest absolute Gasteiger partial charge is 0.404 e. The molecular formula is C13H16BrF3N2O3S. The van der Waals surface area contributed by atoms with Crippen LogP contribution in [0.25, 0.3) is 0 Å². The second-order valence-electron chi connectivity index (χ2n) is 5.37. The van der Waals surface area contributed by atoms with E-state index in [4.69, 9.17) is 5.73 Å². The molecule has 0 saturated heterocycles. The first-order valence-electron chi connectivity index (χ1n) is 6.90. The summed E-state index contributed by atoms with van der Waals surface area (Å²) in [6, 6.07) is 3.07. The molecule has 1 saturated carbocycles. The van der Waals surface area contributed by atoms with E-state index < -0.39 is 27.0 Å². The van der Waals surface area contributed by atoms with E-state index in [-0.39, 0.29) is 16.6 Å². The zero-order valence-electron chi connectivity index (χ0n) is 11.9. The normalized spacial score (nSPS) is 22.8. The zero-order chi connectivity index (χ0) is 17.3. The molecule has 0 amide bonds. The van der Waals surface area contributed by atoms with Crippen molar-refractivity contribution >= 4 is 26.0 Å². The second-order valence-corrected chi connectivity index (χ2v) is 7.97. The quantitative estimate of drug-likeness (QED) is 0.790. The molecule has 1 aromatic carbocycles. The summed E-state index contributed by atoms with van der Waals surface area (Å²) in [5.41, 5.74) is 5.75. The fraction of sp³-hybridized carbons (Fsp3) is 0.538. The van der Waals surface area contributed by atoms with Crippen molar-refractivity contribution in [1.82, 2.24) is 4.72 Å². The van der Waals surface area contributed by atoms with E-state index in [0.717, 1.165) is 12.1 Å². The lowest BCUT2D eigenvalue weighted by molar-refractivity contribution is -0.275. The summed E-state index contributed by atoms with van der Waals surface area (Å²) in [4.78, 5) is -0.548. The molecule has 5 nitrogen and oxygen atoms in total. The van der Waals surface area contributed by atoms with Gasteiger partial charge < -0.3 is 10.5 Å². The van der Waals surface area contributed by atoms with Crippen molar-refractivity contribution in [2.45, 2.75) is 49.0 Å². The minimum Gasteiger partial charge on any atom is -0.404 e. The predicted octanol–water partition coefficient (Wildman–Crippen LogP) is 2.90. The van der Waals surface area contributed by atoms with Crippen LogP contribution in [0.2, 0.25) is 0 Å². The lowest BCUT2D eigenvalue weighted by Gasteiger charge is -2.27. The van der Waals surface area contributed by atoms with E-state index in [0.29, 0.717) is 25.7 Å². The monoisotopic (exact) mass is 416 g/mol. The number of nitrogens with one attached hydrogen (secondary N) is 1. The van der Waals surface area contributed by atoms with Gasteiger partial charge in [-0.3, -0.25) is 0 Å². The summed E-state index contributed by atoms with van der Waals surface area (Å²) in [5, 5.41) is 0. The number of sulfonamides is 1. The van der Waals surface area contributed by atoms with Gasteiger partial charge in [-0.25, -0.2) is 13.1 Å². The van der Waals surface area contributed by atoms with E-state index in [1.54, 1.807) is 0 Å². The number of benzene rings is 1. The molecule has 10 heteroatoms. The Labute approximate surface area is 140 Å². The molecule has 1 aliphatic rings. The fourth-order valence-electron chi connectivity index (χ4n) is 2.43. The first-order valence-corrected chi connectivity index (χ1v) is 9.17. The molecule has 3 N–H and O–H groups in total. The Kier molecular flexibility index (Phi) is 5.59. The van der Waals surface area contributed by atoms with Crippen molar-refractivity contribution in [3.63, 3.8) is 0 Å². The summed E-state index contributed by atoms with van der Waals surface area (Å²) in [6.07, 6.45) is -2.56. The number of hydrogen-bond donors (Lipinski definition) is 2. The van der Waals surface area contributed by atoms with Crippen molar-refractivity contribution in [2.75, 3.05) is 0 Å². The Morgan fingerprint density at radius 1 is 1.22 bits per heavy atom. The van der Waals surface area contributed by atoms with Gasteiger partial charge in [-0.2, -0.15) is 0 Å². The molecule has 0 spiro atoms. The minimum absolute atomic E-state index is 0.0348. The predicted molar refractivity (Wildman–Crippen MR) is 81.4 cm³/mol. The maximum Gasteiger partial charge on any atom is 0.573 e. The van der Waals surface area contributed by atoms with E-state index in [1.807, 2.05) is 0 Å². The third-order valence-corrected chi connectivity index (χ3v) is 5.57. The van der Waals surface area contributed by atoms with Crippen molar-refractivity contribution in [2.24, 2.45) is 5.73 Å². The van der Waals surface area contributed by atoms with Crippen molar-refractivity contribution < 1.29 is 26.3 Å². The highest BCUT2D eigenvalue weighted by Gasteiger charge is 2.35. The average Bonchev–Trinajstić information content (AvgIpc) is 2.39. The number of rotatable bonds is 4. The number of ether oxygens (including phenoxy) is 1. The van der Waals surface area contributed by atoms with Crippen LogP contribution in [0.4, 0.5) is 13.2 Å². The molecule has 1 fully saturated rings. The Hall–Kier alpha value is -0.840. The molecular weight excluding hydrogens is 401 g/mol. The highest BCUT2D eigenvalue weighted by molar-refractivity contribution is 9.10. The Morgan fingerprint density at radius 2 is 1.83 bits per heavy atom. The van der Waals surface area contributed by atoms with Crippen LogP contribution in [0.15, 0.2) is 27.6 Å². The second kappa shape index (κ2) is 6.96. The van der Waals surface area contributed by atoms with Crippen LogP contribution in [0.5, 0.6) is 5.75 Å². The highest BCUT2D eigenvalue weighted by atomic mass is 79.9. The molecule has 1 aromatic rings. The van der Waals surface area contributed by atoms with Gasteiger partial charge in [0, 0.05) is 16.6 Å². The molecule has 0 aliphatic heterocycles. The van der Waals surface area contributed by atoms with Gasteiger partial charge in [-0.15, -0.1) is 13.2 Å². The van der Waals surface area contributed by atoms with Crippen molar-refractivity contribution in [1.29, 1.82) is 0 Å². The Bertz CT molecular complexity index is 659. The molecule has 2 rings (SSSR count). The van der Waals surface area contributed by atoms with Crippen LogP contribution in [-0.2, 0) is 10.0 Å². The van der Waals surface area contributed by atoms with E-state index in [2.05, 4.69) is 25.4 Å². The summed E-state index contributed by atoms with van der Waals surface area (Å²) in [7, 11) is -4.13. The molecule has 0 heterocycles. The Balaban J connectivity index is 2.25. The van der Waals surface area contributed by atoms with Gasteiger partial charge in [0.25, 0.3) is 0 Å². The van der Waals surface area contributed by atoms with Gasteiger partial charge >= 0.3 is 6.36 Å². The number of hydrogen-bond acceptors (Lipinski definition) is 4. The zero-order valence-corrected chi connectivity index (χ0v) is 14.3. The lowest BCUT2D eigenvalue weighted by atomic mass is 9.93. The summed E-state index contributed by atoms with van der Waals surface area (Å²) in [5.74, 6) is -0.771. The van der Waals surface area contributed by atoms with Crippen LogP contribution < -0.4 is 15.2 Å². The molecule has 23 heavy (non-hydrogen) atoms. The van der Waals surface area contributed by atoms with Crippen molar-refractivity contribution in [3.05, 3.63) is 22.7 Å². The average molecular weight is 417 g/mol. The highest BCUT2D eigenvalue weighted by Crippen LogP contribution is 2.32. The largest absolute Gasteiger partial charge is 0.573 e. The topological polar surface area (TPSA) is 81.4 Å². The van der Waals surface area contributed by atoms with Crippen LogP contribution in [0.3, 0.4) is 0 Å². The van der Waals surface area contributed by atoms with Crippen LogP contribution in [-0.4, -0.2) is 26.9 Å². The maximum atomic E-state index is 12.5. The fourth-order valence-corrected chi connectivity index (χ4v) is 4.18. The minimum atomic E-state index is -4.98. The SMILES string of the molecule is N[C@H]1CC[C@H](NS(=O)(=O)c2ccc(Br)cc2OC(F)(F)F)CC1. The summed E-state index contributed by atoms with van der Waals surface area (Å²) >= 11 is 3.00. The first kappa shape index (κ1) is 18.5. The van der Waals surface area contributed by atoms with Crippen LogP contribution in [0.1, 0.15) is 25.7 Å². The molecule has 1 aliphatic carbocycles. The van der Waals surface area contributed by atoms with Gasteiger partial charge in [0.2, 0.25) is 10.0 Å². The van der Waals surface area contributed by atoms with Crippen LogP contribution >= 0.6 is 15.9 Å². The Morgan fingerprint density at radius 3 is 2.39 bits per heavy atom.